The Morgan fingerprint density at radius 2 is 1.69 bits per heavy atom. The first kappa shape index (κ1) is 29.3. The quantitative estimate of drug-likeness (QED) is 0.590. The van der Waals surface area contributed by atoms with Gasteiger partial charge < -0.3 is 14.5 Å². The highest BCUT2D eigenvalue weighted by molar-refractivity contribution is 6.27. The fraction of sp³-hybridized carbons (Fsp3) is 0.571. The topological polar surface area (TPSA) is 54.5 Å². The SMILES string of the molecule is C=O.CC1CCN(C(=O)CCl)CC1.CCC(C)=O.Cc1cccc(C(F)(F)F)c1. The third kappa shape index (κ3) is 14.7. The van der Waals surface area contributed by atoms with E-state index in [9.17, 15) is 22.8 Å². The first-order valence-electron chi connectivity index (χ1n) is 9.27. The monoisotopic (exact) mass is 437 g/mol. The molecule has 1 aromatic carbocycles. The largest absolute Gasteiger partial charge is 0.416 e. The number of hydrogen-bond acceptors (Lipinski definition) is 3. The first-order chi connectivity index (χ1) is 13.5. The van der Waals surface area contributed by atoms with Crippen LogP contribution in [0, 0.1) is 12.8 Å². The van der Waals surface area contributed by atoms with Crippen LogP contribution in [-0.2, 0) is 20.6 Å². The first-order valence-corrected chi connectivity index (χ1v) is 9.80. The molecule has 8 heteroatoms. The lowest BCUT2D eigenvalue weighted by molar-refractivity contribution is -0.137. The number of nitrogens with zero attached hydrogens (tertiary/aromatic N) is 1. The summed E-state index contributed by atoms with van der Waals surface area (Å²) in [6.07, 6.45) is -1.29. The Bertz CT molecular complexity index is 601. The lowest BCUT2D eigenvalue weighted by Crippen LogP contribution is -2.38. The van der Waals surface area contributed by atoms with Crippen molar-refractivity contribution < 1.29 is 27.6 Å². The Labute approximate surface area is 176 Å². The third-order valence-electron chi connectivity index (χ3n) is 4.09. The van der Waals surface area contributed by atoms with Crippen molar-refractivity contribution >= 4 is 30.1 Å². The molecule has 1 saturated heterocycles. The summed E-state index contributed by atoms with van der Waals surface area (Å²) in [6.45, 7) is 11.1. The second kappa shape index (κ2) is 16.0. The number of amides is 1. The normalized spacial score (nSPS) is 13.6. The van der Waals surface area contributed by atoms with E-state index < -0.39 is 11.7 Å². The molecule has 1 heterocycles. The van der Waals surface area contributed by atoms with Crippen LogP contribution >= 0.6 is 11.6 Å². The van der Waals surface area contributed by atoms with E-state index in [-0.39, 0.29) is 17.6 Å². The van der Waals surface area contributed by atoms with Crippen molar-refractivity contribution in [2.45, 2.75) is 53.1 Å². The maximum atomic E-state index is 12.0. The molecule has 0 unspecified atom stereocenters. The summed E-state index contributed by atoms with van der Waals surface area (Å²) in [6, 6.07) is 5.22. The molecular weight excluding hydrogens is 407 g/mol. The minimum atomic E-state index is -4.22. The van der Waals surface area contributed by atoms with Crippen molar-refractivity contribution in [1.82, 2.24) is 4.90 Å². The van der Waals surface area contributed by atoms with E-state index in [2.05, 4.69) is 6.92 Å². The average molecular weight is 438 g/mol. The Morgan fingerprint density at radius 3 is 2.00 bits per heavy atom. The van der Waals surface area contributed by atoms with Crippen LogP contribution in [0.1, 0.15) is 51.2 Å². The summed E-state index contributed by atoms with van der Waals surface area (Å²) in [4.78, 5) is 30.7. The maximum Gasteiger partial charge on any atom is 0.416 e. The molecule has 0 aromatic heterocycles. The van der Waals surface area contributed by atoms with E-state index >= 15 is 0 Å². The van der Waals surface area contributed by atoms with Crippen LogP contribution in [0.5, 0.6) is 0 Å². The van der Waals surface area contributed by atoms with Gasteiger partial charge in [0.15, 0.2) is 0 Å². The molecule has 0 saturated carbocycles. The second-order valence-corrected chi connectivity index (χ2v) is 6.89. The number of piperidine rings is 1. The Kier molecular flexibility index (Phi) is 16.1. The number of benzene rings is 1. The van der Waals surface area contributed by atoms with E-state index in [1.807, 2.05) is 18.6 Å². The van der Waals surface area contributed by atoms with Crippen LogP contribution < -0.4 is 0 Å². The highest BCUT2D eigenvalue weighted by Gasteiger charge is 2.29. The number of rotatable bonds is 2. The van der Waals surface area contributed by atoms with Gasteiger partial charge in [-0.15, -0.1) is 11.6 Å². The average Bonchev–Trinajstić information content (AvgIpc) is 2.70. The van der Waals surface area contributed by atoms with Gasteiger partial charge in [-0.25, -0.2) is 0 Å². The maximum absolute atomic E-state index is 12.0. The summed E-state index contributed by atoms with van der Waals surface area (Å²) >= 11 is 5.43. The van der Waals surface area contributed by atoms with Gasteiger partial charge in [0, 0.05) is 19.5 Å². The van der Waals surface area contributed by atoms with Crippen LogP contribution in [0.3, 0.4) is 0 Å². The molecule has 1 aromatic rings. The molecule has 0 spiro atoms. The molecular formula is C21H31ClF3NO3. The summed E-state index contributed by atoms with van der Waals surface area (Å²) in [7, 11) is 0. The minimum Gasteiger partial charge on any atom is -0.342 e. The van der Waals surface area contributed by atoms with E-state index in [0.717, 1.165) is 44.0 Å². The molecule has 0 aliphatic carbocycles. The molecule has 1 aliphatic heterocycles. The van der Waals surface area contributed by atoms with Gasteiger partial charge in [-0.3, -0.25) is 4.79 Å². The van der Waals surface area contributed by atoms with E-state index in [1.165, 1.54) is 6.07 Å². The number of alkyl halides is 4. The Balaban J connectivity index is 0. The molecule has 2 rings (SSSR count). The highest BCUT2D eigenvalue weighted by atomic mass is 35.5. The number of Topliss-reactive ketones (excluding diaryl/α,β-unsaturated/α-hetero) is 1. The fourth-order valence-electron chi connectivity index (χ4n) is 2.16. The number of ketones is 1. The van der Waals surface area contributed by atoms with Crippen LogP contribution in [0.15, 0.2) is 24.3 Å². The lowest BCUT2D eigenvalue weighted by atomic mass is 9.99. The summed E-state index contributed by atoms with van der Waals surface area (Å²) < 4.78 is 35.9. The third-order valence-corrected chi connectivity index (χ3v) is 4.32. The van der Waals surface area contributed by atoms with Crippen molar-refractivity contribution in [1.29, 1.82) is 0 Å². The molecule has 0 atom stereocenters. The number of halogens is 4. The lowest BCUT2D eigenvalue weighted by Gasteiger charge is -2.29. The van der Waals surface area contributed by atoms with E-state index in [0.29, 0.717) is 12.0 Å². The molecule has 166 valence electrons. The van der Waals surface area contributed by atoms with Gasteiger partial charge in [0.05, 0.1) is 5.56 Å². The predicted molar refractivity (Wildman–Crippen MR) is 110 cm³/mol. The van der Waals surface area contributed by atoms with Crippen molar-refractivity contribution in [3.05, 3.63) is 35.4 Å². The molecule has 29 heavy (non-hydrogen) atoms. The standard InChI is InChI=1S/C8H14ClNO.C8H7F3.C4H8O.CH2O/c1-7-2-4-10(5-3-7)8(11)6-9;1-6-3-2-4-7(5-6)8(9,10)11;1-3-4(2)5;1-2/h7H,2-6H2,1H3;2-5H,1H3;3H2,1-2H3;1H2. The van der Waals surface area contributed by atoms with Gasteiger partial charge in [-0.05, 0) is 38.7 Å². The number of hydrogen-bond donors (Lipinski definition) is 0. The van der Waals surface area contributed by atoms with Gasteiger partial charge in [0.25, 0.3) is 0 Å². The highest BCUT2D eigenvalue weighted by Crippen LogP contribution is 2.29. The van der Waals surface area contributed by atoms with Gasteiger partial charge in [0.1, 0.15) is 18.5 Å². The van der Waals surface area contributed by atoms with Gasteiger partial charge >= 0.3 is 6.18 Å². The molecule has 1 aliphatic rings. The molecule has 0 N–H and O–H groups in total. The zero-order valence-electron chi connectivity index (χ0n) is 17.5. The van der Waals surface area contributed by atoms with Crippen LogP contribution in [-0.4, -0.2) is 42.3 Å². The summed E-state index contributed by atoms with van der Waals surface area (Å²) in [5.74, 6) is 1.24. The van der Waals surface area contributed by atoms with Crippen molar-refractivity contribution in [2.24, 2.45) is 5.92 Å². The number of carbonyl (C=O) groups is 3. The van der Waals surface area contributed by atoms with Gasteiger partial charge in [-0.2, -0.15) is 13.2 Å². The summed E-state index contributed by atoms with van der Waals surface area (Å²) in [5, 5.41) is 0. The summed E-state index contributed by atoms with van der Waals surface area (Å²) in [5.41, 5.74) is 0.0392. The Hall–Kier alpha value is -1.89. The van der Waals surface area contributed by atoms with Crippen LogP contribution in [0.4, 0.5) is 13.2 Å². The van der Waals surface area contributed by atoms with Crippen molar-refractivity contribution in [2.75, 3.05) is 19.0 Å². The van der Waals surface area contributed by atoms with E-state index in [4.69, 9.17) is 16.4 Å². The smallest absolute Gasteiger partial charge is 0.342 e. The zero-order valence-corrected chi connectivity index (χ0v) is 18.3. The van der Waals surface area contributed by atoms with Crippen molar-refractivity contribution in [3.8, 4) is 0 Å². The van der Waals surface area contributed by atoms with Gasteiger partial charge in [0.2, 0.25) is 5.91 Å². The predicted octanol–water partition coefficient (Wildman–Crippen LogP) is 5.30. The van der Waals surface area contributed by atoms with Crippen LogP contribution in [0.2, 0.25) is 0 Å². The molecule has 0 radical (unpaired) electrons. The van der Waals surface area contributed by atoms with E-state index in [1.54, 1.807) is 19.9 Å². The van der Waals surface area contributed by atoms with Crippen LogP contribution in [0.25, 0.3) is 0 Å². The molecule has 4 nitrogen and oxygen atoms in total. The molecule has 0 bridgehead atoms. The number of aryl methyl sites for hydroxylation is 1. The fourth-order valence-corrected chi connectivity index (χ4v) is 2.33. The second-order valence-electron chi connectivity index (χ2n) is 6.62. The Morgan fingerprint density at radius 1 is 1.21 bits per heavy atom. The van der Waals surface area contributed by atoms with Crippen molar-refractivity contribution in [3.63, 3.8) is 0 Å². The minimum absolute atomic E-state index is 0.0820. The molecule has 1 fully saturated rings. The number of carbonyl (C=O) groups excluding carboxylic acids is 3. The van der Waals surface area contributed by atoms with Gasteiger partial charge in [-0.1, -0.05) is 37.6 Å². The molecule has 1 amide bonds. The zero-order chi connectivity index (χ0) is 23.0. The number of likely N-dealkylation sites (tertiary alicyclic amines) is 1.